The quantitative estimate of drug-likeness (QED) is 0.784. The molecule has 1 fully saturated rings. The lowest BCUT2D eigenvalue weighted by Gasteiger charge is -2.25. The third-order valence-electron chi connectivity index (χ3n) is 4.39. The van der Waals surface area contributed by atoms with Gasteiger partial charge in [0.15, 0.2) is 0 Å². The summed E-state index contributed by atoms with van der Waals surface area (Å²) in [5.41, 5.74) is 0.435. The topological polar surface area (TPSA) is 72.9 Å². The summed E-state index contributed by atoms with van der Waals surface area (Å²) in [4.78, 5) is 27.1. The summed E-state index contributed by atoms with van der Waals surface area (Å²) in [7, 11) is 1.83. The Labute approximate surface area is 157 Å². The number of benzene rings is 1. The van der Waals surface area contributed by atoms with E-state index in [1.165, 1.54) is 0 Å². The second-order valence-corrected chi connectivity index (χ2v) is 7.13. The van der Waals surface area contributed by atoms with Crippen molar-refractivity contribution in [3.63, 3.8) is 0 Å². The number of hydrogen-bond donors (Lipinski definition) is 2. The van der Waals surface area contributed by atoms with Crippen molar-refractivity contribution in [2.45, 2.75) is 25.3 Å². The van der Waals surface area contributed by atoms with Crippen LogP contribution in [0.2, 0.25) is 10.0 Å². The number of likely N-dealkylation sites (tertiary alicyclic amines) is 1. The van der Waals surface area contributed by atoms with Crippen molar-refractivity contribution in [2.24, 2.45) is 0 Å². The first-order valence-corrected chi connectivity index (χ1v) is 9.00. The summed E-state index contributed by atoms with van der Waals surface area (Å²) in [6.45, 7) is 1.85. The summed E-state index contributed by atoms with van der Waals surface area (Å²) in [6, 6.07) is 5.31. The molecule has 1 amide bonds. The molecule has 1 saturated heterocycles. The Kier molecular flexibility index (Phi) is 7.50. The van der Waals surface area contributed by atoms with Gasteiger partial charge in [-0.2, -0.15) is 0 Å². The molecule has 1 aromatic carbocycles. The van der Waals surface area contributed by atoms with Gasteiger partial charge in [0.25, 0.3) is 0 Å². The fraction of sp³-hybridized carbons (Fsp3) is 0.529. The Morgan fingerprint density at radius 2 is 1.96 bits per heavy atom. The molecule has 1 aliphatic rings. The van der Waals surface area contributed by atoms with Gasteiger partial charge in [-0.3, -0.25) is 19.4 Å². The second-order valence-electron chi connectivity index (χ2n) is 6.31. The number of carbonyl (C=O) groups excluding carboxylic acids is 1. The lowest BCUT2D eigenvalue weighted by Crippen LogP contribution is -2.37. The van der Waals surface area contributed by atoms with Crippen LogP contribution >= 0.6 is 23.2 Å². The van der Waals surface area contributed by atoms with Crippen LogP contribution in [0.15, 0.2) is 18.2 Å². The molecule has 0 radical (unpaired) electrons. The van der Waals surface area contributed by atoms with Crippen molar-refractivity contribution < 1.29 is 14.7 Å². The number of hydrogen-bond acceptors (Lipinski definition) is 4. The van der Waals surface area contributed by atoms with Crippen LogP contribution in [0.5, 0.6) is 0 Å². The molecule has 1 aliphatic heterocycles. The number of rotatable bonds is 6. The van der Waals surface area contributed by atoms with Crippen LogP contribution in [0.4, 0.5) is 5.69 Å². The molecule has 2 rings (SSSR count). The SMILES string of the molecule is CN(CC(=O)O)C1CCCN(CC(=O)Nc2c(Cl)cccc2Cl)CC1. The van der Waals surface area contributed by atoms with Gasteiger partial charge in [-0.1, -0.05) is 29.3 Å². The van der Waals surface area contributed by atoms with Gasteiger partial charge >= 0.3 is 5.97 Å². The van der Waals surface area contributed by atoms with Crippen LogP contribution < -0.4 is 5.32 Å². The molecule has 0 saturated carbocycles. The molecule has 0 aliphatic carbocycles. The number of aliphatic carboxylic acids is 1. The van der Waals surface area contributed by atoms with Crippen molar-refractivity contribution in [2.75, 3.05) is 38.5 Å². The van der Waals surface area contributed by atoms with Gasteiger partial charge in [-0.25, -0.2) is 0 Å². The van der Waals surface area contributed by atoms with Crippen molar-refractivity contribution in [3.05, 3.63) is 28.2 Å². The Bertz CT molecular complexity index is 607. The number of nitrogens with zero attached hydrogens (tertiary/aromatic N) is 2. The average Bonchev–Trinajstić information content (AvgIpc) is 2.76. The molecule has 6 nitrogen and oxygen atoms in total. The number of nitrogens with one attached hydrogen (secondary N) is 1. The summed E-state index contributed by atoms with van der Waals surface area (Å²) in [5, 5.41) is 12.5. The van der Waals surface area contributed by atoms with E-state index >= 15 is 0 Å². The largest absolute Gasteiger partial charge is 0.480 e. The van der Waals surface area contributed by atoms with Crippen LogP contribution in [0.3, 0.4) is 0 Å². The maximum atomic E-state index is 12.3. The van der Waals surface area contributed by atoms with Crippen molar-refractivity contribution in [1.29, 1.82) is 0 Å². The maximum absolute atomic E-state index is 12.3. The molecule has 1 heterocycles. The molecule has 25 heavy (non-hydrogen) atoms. The third kappa shape index (κ3) is 6.15. The number of halogens is 2. The first kappa shape index (κ1) is 20.0. The van der Waals surface area contributed by atoms with Crippen LogP contribution in [0.25, 0.3) is 0 Å². The molecule has 0 spiro atoms. The molecule has 138 valence electrons. The zero-order valence-corrected chi connectivity index (χ0v) is 15.7. The smallest absolute Gasteiger partial charge is 0.317 e. The van der Waals surface area contributed by atoms with E-state index in [-0.39, 0.29) is 25.0 Å². The lowest BCUT2D eigenvalue weighted by molar-refractivity contribution is -0.138. The van der Waals surface area contributed by atoms with Crippen LogP contribution in [0, 0.1) is 0 Å². The van der Waals surface area contributed by atoms with Crippen molar-refractivity contribution in [1.82, 2.24) is 9.80 Å². The van der Waals surface area contributed by atoms with Gasteiger partial charge in [-0.15, -0.1) is 0 Å². The summed E-state index contributed by atoms with van der Waals surface area (Å²) < 4.78 is 0. The molecule has 0 bridgehead atoms. The number of likely N-dealkylation sites (N-methyl/N-ethyl adjacent to an activating group) is 1. The minimum absolute atomic E-state index is 0.0379. The molecular weight excluding hydrogens is 365 g/mol. The molecule has 0 aromatic heterocycles. The number of carboxylic acids is 1. The third-order valence-corrected chi connectivity index (χ3v) is 5.02. The highest BCUT2D eigenvalue weighted by Gasteiger charge is 2.23. The van der Waals surface area contributed by atoms with E-state index < -0.39 is 5.97 Å². The summed E-state index contributed by atoms with van der Waals surface area (Å²) in [6.07, 6.45) is 2.69. The van der Waals surface area contributed by atoms with E-state index in [9.17, 15) is 9.59 Å². The Morgan fingerprint density at radius 1 is 1.28 bits per heavy atom. The fourth-order valence-corrected chi connectivity index (χ4v) is 3.57. The molecule has 1 atom stereocenters. The van der Waals surface area contributed by atoms with Gasteiger partial charge in [-0.05, 0) is 45.0 Å². The first-order valence-electron chi connectivity index (χ1n) is 8.25. The van der Waals surface area contributed by atoms with Crippen LogP contribution in [-0.2, 0) is 9.59 Å². The highest BCUT2D eigenvalue weighted by atomic mass is 35.5. The Balaban J connectivity index is 1.87. The fourth-order valence-electron chi connectivity index (χ4n) is 3.08. The Morgan fingerprint density at radius 3 is 2.60 bits per heavy atom. The summed E-state index contributed by atoms with van der Waals surface area (Å²) >= 11 is 12.1. The standard InChI is InChI=1S/C17H23Cl2N3O3/c1-21(11-16(24)25)12-4-3-8-22(9-7-12)10-15(23)20-17-13(18)5-2-6-14(17)19/h2,5-6,12H,3-4,7-11H2,1H3,(H,20,23)(H,24,25). The minimum Gasteiger partial charge on any atom is -0.480 e. The van der Waals surface area contributed by atoms with E-state index in [0.717, 1.165) is 32.4 Å². The predicted molar refractivity (Wildman–Crippen MR) is 99.4 cm³/mol. The maximum Gasteiger partial charge on any atom is 0.317 e. The second kappa shape index (κ2) is 9.38. The van der Waals surface area contributed by atoms with Gasteiger partial charge in [0, 0.05) is 12.6 Å². The van der Waals surface area contributed by atoms with Gasteiger partial charge in [0.2, 0.25) is 5.91 Å². The van der Waals surface area contributed by atoms with Crippen molar-refractivity contribution in [3.8, 4) is 0 Å². The highest BCUT2D eigenvalue weighted by molar-refractivity contribution is 6.39. The van der Waals surface area contributed by atoms with E-state index in [0.29, 0.717) is 15.7 Å². The van der Waals surface area contributed by atoms with E-state index in [1.807, 2.05) is 11.9 Å². The molecular formula is C17H23Cl2N3O3. The number of para-hydroxylation sites is 1. The highest BCUT2D eigenvalue weighted by Crippen LogP contribution is 2.29. The van der Waals surface area contributed by atoms with Crippen LogP contribution in [-0.4, -0.2) is 66.1 Å². The zero-order valence-electron chi connectivity index (χ0n) is 14.2. The van der Waals surface area contributed by atoms with Gasteiger partial charge in [0.05, 0.1) is 28.8 Å². The van der Waals surface area contributed by atoms with E-state index in [2.05, 4.69) is 10.2 Å². The van der Waals surface area contributed by atoms with Gasteiger partial charge in [0.1, 0.15) is 0 Å². The zero-order chi connectivity index (χ0) is 18.4. The molecule has 8 heteroatoms. The summed E-state index contributed by atoms with van der Waals surface area (Å²) in [5.74, 6) is -0.980. The molecule has 1 aromatic rings. The van der Waals surface area contributed by atoms with Crippen LogP contribution in [0.1, 0.15) is 19.3 Å². The molecule has 1 unspecified atom stereocenters. The normalized spacial score (nSPS) is 18.8. The minimum atomic E-state index is -0.820. The van der Waals surface area contributed by atoms with Crippen molar-refractivity contribution >= 4 is 40.8 Å². The number of carboxylic acid groups (broad SMARTS) is 1. The number of amides is 1. The Hall–Kier alpha value is -1.34. The lowest BCUT2D eigenvalue weighted by atomic mass is 10.1. The number of carbonyl (C=O) groups is 2. The first-order chi connectivity index (χ1) is 11.9. The molecule has 2 N–H and O–H groups in total. The van der Waals surface area contributed by atoms with E-state index in [1.54, 1.807) is 18.2 Å². The monoisotopic (exact) mass is 387 g/mol. The predicted octanol–water partition coefficient (Wildman–Crippen LogP) is 2.80. The van der Waals surface area contributed by atoms with E-state index in [4.69, 9.17) is 28.3 Å². The van der Waals surface area contributed by atoms with Gasteiger partial charge < -0.3 is 10.4 Å². The number of anilines is 1. The average molecular weight is 388 g/mol.